The smallest absolute Gasteiger partial charge is 0.257 e. The van der Waals surface area contributed by atoms with Crippen molar-refractivity contribution in [2.24, 2.45) is 5.73 Å². The fraction of sp³-hybridized carbons (Fsp3) is 0.600. The molecular weight excluding hydrogens is 270 g/mol. The molecule has 1 aliphatic heterocycles. The molecule has 2 heterocycles. The lowest BCUT2D eigenvalue weighted by atomic mass is 10.1. The number of carbonyl (C=O) groups is 2. The molecule has 3 rings (SSSR count). The van der Waals surface area contributed by atoms with E-state index in [4.69, 9.17) is 10.2 Å². The summed E-state index contributed by atoms with van der Waals surface area (Å²) in [6, 6.07) is 1.77. The van der Waals surface area contributed by atoms with Crippen molar-refractivity contribution in [3.63, 3.8) is 0 Å². The van der Waals surface area contributed by atoms with Gasteiger partial charge in [-0.2, -0.15) is 0 Å². The predicted molar refractivity (Wildman–Crippen MR) is 76.8 cm³/mol. The Morgan fingerprint density at radius 2 is 1.71 bits per heavy atom. The van der Waals surface area contributed by atoms with Gasteiger partial charge in [-0.15, -0.1) is 0 Å². The molecule has 1 aromatic heterocycles. The molecule has 0 radical (unpaired) electrons. The van der Waals surface area contributed by atoms with Crippen LogP contribution in [-0.2, 0) is 4.79 Å². The standard InChI is InChI=1S/C15H21N3O3/c1-10-9-12(11(2)21-10)13(19)17-5-7-18(8-6-17)14(20)15(16)3-4-15/h9H,3-8,16H2,1-2H3. The Bertz CT molecular complexity index is 581. The summed E-state index contributed by atoms with van der Waals surface area (Å²) in [5.74, 6) is 1.40. The molecular formula is C15H21N3O3. The first-order valence-electron chi connectivity index (χ1n) is 7.35. The largest absolute Gasteiger partial charge is 0.466 e. The number of hydrogen-bond donors (Lipinski definition) is 1. The van der Waals surface area contributed by atoms with Gasteiger partial charge in [0.05, 0.1) is 11.1 Å². The van der Waals surface area contributed by atoms with Crippen molar-refractivity contribution in [2.45, 2.75) is 32.2 Å². The van der Waals surface area contributed by atoms with Gasteiger partial charge >= 0.3 is 0 Å². The van der Waals surface area contributed by atoms with Crippen molar-refractivity contribution in [1.29, 1.82) is 0 Å². The third-order valence-corrected chi connectivity index (χ3v) is 4.34. The molecule has 0 atom stereocenters. The van der Waals surface area contributed by atoms with Crippen molar-refractivity contribution in [1.82, 2.24) is 9.80 Å². The van der Waals surface area contributed by atoms with Gasteiger partial charge in [-0.25, -0.2) is 0 Å². The number of furan rings is 1. The molecule has 0 bridgehead atoms. The monoisotopic (exact) mass is 291 g/mol. The van der Waals surface area contributed by atoms with E-state index in [2.05, 4.69) is 0 Å². The Hall–Kier alpha value is -1.82. The van der Waals surface area contributed by atoms with E-state index in [1.165, 1.54) is 0 Å². The zero-order valence-corrected chi connectivity index (χ0v) is 12.5. The molecule has 2 amide bonds. The highest BCUT2D eigenvalue weighted by atomic mass is 16.3. The summed E-state index contributed by atoms with van der Waals surface area (Å²) in [4.78, 5) is 28.2. The number of piperazine rings is 1. The fourth-order valence-electron chi connectivity index (χ4n) is 2.79. The zero-order chi connectivity index (χ0) is 15.2. The van der Waals surface area contributed by atoms with Gasteiger partial charge < -0.3 is 20.0 Å². The number of nitrogens with zero attached hydrogens (tertiary/aromatic N) is 2. The highest BCUT2D eigenvalue weighted by Crippen LogP contribution is 2.34. The van der Waals surface area contributed by atoms with E-state index in [0.29, 0.717) is 37.5 Å². The van der Waals surface area contributed by atoms with E-state index in [-0.39, 0.29) is 11.8 Å². The molecule has 1 aliphatic carbocycles. The Morgan fingerprint density at radius 3 is 2.19 bits per heavy atom. The predicted octanol–water partition coefficient (Wildman–Crippen LogP) is 0.672. The molecule has 1 aromatic rings. The number of rotatable bonds is 2. The second kappa shape index (κ2) is 4.87. The van der Waals surface area contributed by atoms with Crippen molar-refractivity contribution < 1.29 is 14.0 Å². The Morgan fingerprint density at radius 1 is 1.14 bits per heavy atom. The van der Waals surface area contributed by atoms with Crippen LogP contribution in [0.15, 0.2) is 10.5 Å². The van der Waals surface area contributed by atoms with E-state index in [9.17, 15) is 9.59 Å². The minimum absolute atomic E-state index is 0.0228. The van der Waals surface area contributed by atoms with Crippen LogP contribution in [0.2, 0.25) is 0 Å². The van der Waals surface area contributed by atoms with Crippen molar-refractivity contribution in [3.05, 3.63) is 23.2 Å². The van der Waals surface area contributed by atoms with Crippen LogP contribution in [0.5, 0.6) is 0 Å². The van der Waals surface area contributed by atoms with Gasteiger partial charge in [0.1, 0.15) is 11.5 Å². The summed E-state index contributed by atoms with van der Waals surface area (Å²) in [7, 11) is 0. The Balaban J connectivity index is 1.62. The zero-order valence-electron chi connectivity index (χ0n) is 12.5. The lowest BCUT2D eigenvalue weighted by molar-refractivity contribution is -0.135. The van der Waals surface area contributed by atoms with Crippen LogP contribution in [0.25, 0.3) is 0 Å². The van der Waals surface area contributed by atoms with Crippen molar-refractivity contribution in [3.8, 4) is 0 Å². The van der Waals surface area contributed by atoms with Crippen molar-refractivity contribution >= 4 is 11.8 Å². The molecule has 1 saturated carbocycles. The van der Waals surface area contributed by atoms with Crippen LogP contribution in [0, 0.1) is 13.8 Å². The van der Waals surface area contributed by atoms with Gasteiger partial charge in [0.2, 0.25) is 5.91 Å². The number of aryl methyl sites for hydroxylation is 2. The van der Waals surface area contributed by atoms with E-state index in [1.54, 1.807) is 22.8 Å². The number of nitrogens with two attached hydrogens (primary N) is 1. The minimum atomic E-state index is -0.621. The molecule has 6 nitrogen and oxygen atoms in total. The summed E-state index contributed by atoms with van der Waals surface area (Å²) in [5.41, 5.74) is 5.94. The van der Waals surface area contributed by atoms with Gasteiger partial charge in [0, 0.05) is 26.2 Å². The highest BCUT2D eigenvalue weighted by Gasteiger charge is 2.48. The average Bonchev–Trinajstić information content (AvgIpc) is 3.13. The molecule has 2 N–H and O–H groups in total. The fourth-order valence-corrected chi connectivity index (χ4v) is 2.79. The summed E-state index contributed by atoms with van der Waals surface area (Å²) in [6.45, 7) is 5.83. The summed E-state index contributed by atoms with van der Waals surface area (Å²) >= 11 is 0. The van der Waals surface area contributed by atoms with Crippen LogP contribution in [0.4, 0.5) is 0 Å². The maximum absolute atomic E-state index is 12.5. The Labute approximate surface area is 123 Å². The molecule has 21 heavy (non-hydrogen) atoms. The lowest BCUT2D eigenvalue weighted by Crippen LogP contribution is -2.55. The molecule has 2 fully saturated rings. The van der Waals surface area contributed by atoms with E-state index in [1.807, 2.05) is 6.92 Å². The maximum Gasteiger partial charge on any atom is 0.257 e. The number of carbonyl (C=O) groups excluding carboxylic acids is 2. The van der Waals surface area contributed by atoms with E-state index < -0.39 is 5.54 Å². The topological polar surface area (TPSA) is 79.8 Å². The number of hydrogen-bond acceptors (Lipinski definition) is 4. The van der Waals surface area contributed by atoms with E-state index >= 15 is 0 Å². The van der Waals surface area contributed by atoms with Gasteiger partial charge in [0.25, 0.3) is 5.91 Å². The second-order valence-electron chi connectivity index (χ2n) is 6.07. The van der Waals surface area contributed by atoms with Crippen molar-refractivity contribution in [2.75, 3.05) is 26.2 Å². The first-order valence-corrected chi connectivity index (χ1v) is 7.35. The third kappa shape index (κ3) is 2.55. The normalized spacial score (nSPS) is 20.5. The SMILES string of the molecule is Cc1cc(C(=O)N2CCN(C(=O)C3(N)CC3)CC2)c(C)o1. The van der Waals surface area contributed by atoms with Crippen LogP contribution in [0.3, 0.4) is 0 Å². The van der Waals surface area contributed by atoms with Crippen LogP contribution >= 0.6 is 0 Å². The molecule has 0 unspecified atom stereocenters. The molecule has 0 spiro atoms. The van der Waals surface area contributed by atoms with Gasteiger partial charge in [-0.05, 0) is 32.8 Å². The minimum Gasteiger partial charge on any atom is -0.466 e. The van der Waals surface area contributed by atoms with Crippen LogP contribution in [0.1, 0.15) is 34.7 Å². The molecule has 1 saturated heterocycles. The number of amides is 2. The molecule has 6 heteroatoms. The molecule has 114 valence electrons. The summed E-state index contributed by atoms with van der Waals surface area (Å²) < 4.78 is 5.41. The third-order valence-electron chi connectivity index (χ3n) is 4.34. The van der Waals surface area contributed by atoms with Crippen LogP contribution in [-0.4, -0.2) is 53.3 Å². The maximum atomic E-state index is 12.5. The van der Waals surface area contributed by atoms with Gasteiger partial charge in [0.15, 0.2) is 0 Å². The Kier molecular flexibility index (Phi) is 3.28. The average molecular weight is 291 g/mol. The summed E-state index contributed by atoms with van der Waals surface area (Å²) in [5, 5.41) is 0. The van der Waals surface area contributed by atoms with Gasteiger partial charge in [-0.1, -0.05) is 0 Å². The van der Waals surface area contributed by atoms with E-state index in [0.717, 1.165) is 18.6 Å². The highest BCUT2D eigenvalue weighted by molar-refractivity contribution is 5.95. The second-order valence-corrected chi connectivity index (χ2v) is 6.07. The van der Waals surface area contributed by atoms with Crippen LogP contribution < -0.4 is 5.73 Å². The first kappa shape index (κ1) is 14.1. The summed E-state index contributed by atoms with van der Waals surface area (Å²) in [6.07, 6.45) is 1.55. The first-order chi connectivity index (χ1) is 9.90. The van der Waals surface area contributed by atoms with Gasteiger partial charge in [-0.3, -0.25) is 9.59 Å². The lowest BCUT2D eigenvalue weighted by Gasteiger charge is -2.36. The molecule has 2 aliphatic rings. The quantitative estimate of drug-likeness (QED) is 0.868. The molecule has 0 aromatic carbocycles.